The summed E-state index contributed by atoms with van der Waals surface area (Å²) in [5.41, 5.74) is 7.31. The minimum Gasteiger partial charge on any atom is -0.495 e. The molecule has 0 atom stereocenters. The highest BCUT2D eigenvalue weighted by Gasteiger charge is 2.10. The Labute approximate surface area is 121 Å². The number of benzene rings is 1. The average molecular weight is 287 g/mol. The topological polar surface area (TPSA) is 77.2 Å². The molecule has 0 saturated heterocycles. The Morgan fingerprint density at radius 3 is 2.55 bits per heavy atom. The van der Waals surface area contributed by atoms with E-state index in [-0.39, 0.29) is 10.9 Å². The second-order valence-electron chi connectivity index (χ2n) is 3.97. The number of nitrogens with zero attached hydrogens (tertiary/aromatic N) is 1. The second kappa shape index (κ2) is 6.12. The van der Waals surface area contributed by atoms with E-state index in [0.717, 1.165) is 0 Å². The van der Waals surface area contributed by atoms with Gasteiger partial charge in [-0.15, -0.1) is 0 Å². The largest absolute Gasteiger partial charge is 0.495 e. The molecule has 2 rings (SSSR count). The summed E-state index contributed by atoms with van der Waals surface area (Å²) in [5.74, 6) is 0.256. The predicted octanol–water partition coefficient (Wildman–Crippen LogP) is 1.98. The van der Waals surface area contributed by atoms with Gasteiger partial charge in [-0.25, -0.2) is 0 Å². The van der Waals surface area contributed by atoms with Gasteiger partial charge in [0.25, 0.3) is 5.91 Å². The van der Waals surface area contributed by atoms with Crippen molar-refractivity contribution >= 4 is 28.8 Å². The third-order valence-electron chi connectivity index (χ3n) is 2.68. The summed E-state index contributed by atoms with van der Waals surface area (Å²) in [6.07, 6.45) is 3.12. The SMILES string of the molecule is COc1cc(C(N)=S)ccc1NC(=O)c1ccncc1. The summed E-state index contributed by atoms with van der Waals surface area (Å²) < 4.78 is 5.23. The fraction of sp³-hybridized carbons (Fsp3) is 0.0714. The maximum Gasteiger partial charge on any atom is 0.255 e. The molecule has 1 aromatic heterocycles. The zero-order valence-electron chi connectivity index (χ0n) is 10.8. The van der Waals surface area contributed by atoms with Crippen molar-refractivity contribution in [3.63, 3.8) is 0 Å². The van der Waals surface area contributed by atoms with Crippen LogP contribution in [0.2, 0.25) is 0 Å². The summed E-state index contributed by atoms with van der Waals surface area (Å²) in [4.78, 5) is 16.2. The lowest BCUT2D eigenvalue weighted by atomic mass is 10.1. The summed E-state index contributed by atoms with van der Waals surface area (Å²) in [5, 5.41) is 2.77. The number of nitrogens with two attached hydrogens (primary N) is 1. The highest BCUT2D eigenvalue weighted by molar-refractivity contribution is 7.80. The van der Waals surface area contributed by atoms with Gasteiger partial charge in [0.1, 0.15) is 10.7 Å². The Morgan fingerprint density at radius 1 is 1.25 bits per heavy atom. The minimum atomic E-state index is -0.242. The number of carbonyl (C=O) groups excluding carboxylic acids is 1. The summed E-state index contributed by atoms with van der Waals surface area (Å²) in [7, 11) is 1.51. The molecule has 0 bridgehead atoms. The fourth-order valence-corrected chi connectivity index (χ4v) is 1.77. The van der Waals surface area contributed by atoms with Crippen LogP contribution in [-0.2, 0) is 0 Å². The smallest absolute Gasteiger partial charge is 0.255 e. The lowest BCUT2D eigenvalue weighted by Crippen LogP contribution is -2.14. The van der Waals surface area contributed by atoms with Crippen LogP contribution in [0.1, 0.15) is 15.9 Å². The molecule has 3 N–H and O–H groups in total. The monoisotopic (exact) mass is 287 g/mol. The number of carbonyl (C=O) groups is 1. The molecule has 0 radical (unpaired) electrons. The fourth-order valence-electron chi connectivity index (χ4n) is 1.65. The van der Waals surface area contributed by atoms with E-state index >= 15 is 0 Å². The summed E-state index contributed by atoms with van der Waals surface area (Å²) in [6, 6.07) is 8.38. The normalized spacial score (nSPS) is 9.85. The number of hydrogen-bond donors (Lipinski definition) is 2. The van der Waals surface area contributed by atoms with Crippen molar-refractivity contribution in [3.05, 3.63) is 53.9 Å². The zero-order chi connectivity index (χ0) is 14.5. The molecule has 1 aromatic carbocycles. The quantitative estimate of drug-likeness (QED) is 0.841. The van der Waals surface area contributed by atoms with Crippen LogP contribution in [0.5, 0.6) is 5.75 Å². The Balaban J connectivity index is 2.25. The Kier molecular flexibility index (Phi) is 4.27. The van der Waals surface area contributed by atoms with Gasteiger partial charge in [0.2, 0.25) is 0 Å². The van der Waals surface area contributed by atoms with Crippen molar-refractivity contribution in [1.82, 2.24) is 4.98 Å². The van der Waals surface area contributed by atoms with E-state index in [9.17, 15) is 4.79 Å². The number of ether oxygens (including phenoxy) is 1. The van der Waals surface area contributed by atoms with Crippen LogP contribution in [-0.4, -0.2) is 23.0 Å². The number of pyridine rings is 1. The van der Waals surface area contributed by atoms with Crippen molar-refractivity contribution in [2.24, 2.45) is 5.73 Å². The van der Waals surface area contributed by atoms with Crippen LogP contribution >= 0.6 is 12.2 Å². The van der Waals surface area contributed by atoms with Crippen molar-refractivity contribution in [1.29, 1.82) is 0 Å². The summed E-state index contributed by atoms with van der Waals surface area (Å²) >= 11 is 4.91. The van der Waals surface area contributed by atoms with E-state index in [1.807, 2.05) is 0 Å². The van der Waals surface area contributed by atoms with Gasteiger partial charge in [0.05, 0.1) is 12.8 Å². The Hall–Kier alpha value is -2.47. The van der Waals surface area contributed by atoms with Gasteiger partial charge in [-0.05, 0) is 30.3 Å². The first kappa shape index (κ1) is 14.0. The molecule has 0 fully saturated rings. The number of amides is 1. The summed E-state index contributed by atoms with van der Waals surface area (Å²) in [6.45, 7) is 0. The average Bonchev–Trinajstić information content (AvgIpc) is 2.48. The maximum atomic E-state index is 12.1. The van der Waals surface area contributed by atoms with E-state index < -0.39 is 0 Å². The van der Waals surface area contributed by atoms with E-state index in [1.54, 1.807) is 42.7 Å². The number of methoxy groups -OCH3 is 1. The Bertz CT molecular complexity index is 644. The molecule has 102 valence electrons. The number of rotatable bonds is 4. The zero-order valence-corrected chi connectivity index (χ0v) is 11.6. The molecule has 0 aliphatic heterocycles. The van der Waals surface area contributed by atoms with Crippen molar-refractivity contribution in [2.75, 3.05) is 12.4 Å². The van der Waals surface area contributed by atoms with Gasteiger partial charge in [-0.3, -0.25) is 9.78 Å². The third-order valence-corrected chi connectivity index (χ3v) is 2.91. The van der Waals surface area contributed by atoms with E-state index in [2.05, 4.69) is 10.3 Å². The van der Waals surface area contributed by atoms with E-state index in [1.165, 1.54) is 7.11 Å². The van der Waals surface area contributed by atoms with Crippen LogP contribution < -0.4 is 15.8 Å². The maximum absolute atomic E-state index is 12.1. The van der Waals surface area contributed by atoms with Crippen LogP contribution in [0.25, 0.3) is 0 Å². The predicted molar refractivity (Wildman–Crippen MR) is 81.1 cm³/mol. The lowest BCUT2D eigenvalue weighted by Gasteiger charge is -2.11. The van der Waals surface area contributed by atoms with Crippen molar-refractivity contribution in [3.8, 4) is 5.75 Å². The van der Waals surface area contributed by atoms with Crippen molar-refractivity contribution < 1.29 is 9.53 Å². The van der Waals surface area contributed by atoms with Crippen LogP contribution in [0.15, 0.2) is 42.7 Å². The molecule has 20 heavy (non-hydrogen) atoms. The highest BCUT2D eigenvalue weighted by Crippen LogP contribution is 2.26. The molecule has 5 nitrogen and oxygen atoms in total. The standard InChI is InChI=1S/C14H13N3O2S/c1-19-12-8-10(13(15)20)2-3-11(12)17-14(18)9-4-6-16-7-5-9/h2-8H,1H3,(H2,15,20)(H,17,18). The second-order valence-corrected chi connectivity index (χ2v) is 4.41. The molecule has 0 spiro atoms. The molecular weight excluding hydrogens is 274 g/mol. The number of thiocarbonyl (C=S) groups is 1. The van der Waals surface area contributed by atoms with Gasteiger partial charge < -0.3 is 15.8 Å². The highest BCUT2D eigenvalue weighted by atomic mass is 32.1. The first-order valence-corrected chi connectivity index (χ1v) is 6.22. The van der Waals surface area contributed by atoms with Crippen molar-refractivity contribution in [2.45, 2.75) is 0 Å². The van der Waals surface area contributed by atoms with Gasteiger partial charge in [-0.1, -0.05) is 12.2 Å². The molecule has 1 amide bonds. The Morgan fingerprint density at radius 2 is 1.95 bits per heavy atom. The molecule has 2 aromatic rings. The third kappa shape index (κ3) is 3.10. The molecule has 0 unspecified atom stereocenters. The number of hydrogen-bond acceptors (Lipinski definition) is 4. The van der Waals surface area contributed by atoms with Gasteiger partial charge in [0.15, 0.2) is 0 Å². The van der Waals surface area contributed by atoms with Gasteiger partial charge >= 0.3 is 0 Å². The number of anilines is 1. The molecule has 0 aliphatic carbocycles. The van der Waals surface area contributed by atoms with Crippen LogP contribution in [0.3, 0.4) is 0 Å². The van der Waals surface area contributed by atoms with Gasteiger partial charge in [0, 0.05) is 23.5 Å². The first-order valence-electron chi connectivity index (χ1n) is 5.81. The number of aromatic nitrogens is 1. The molecule has 6 heteroatoms. The van der Waals surface area contributed by atoms with E-state index in [0.29, 0.717) is 22.6 Å². The molecule has 1 heterocycles. The lowest BCUT2D eigenvalue weighted by molar-refractivity contribution is 0.102. The molecule has 0 aliphatic rings. The van der Waals surface area contributed by atoms with Gasteiger partial charge in [-0.2, -0.15) is 0 Å². The first-order chi connectivity index (χ1) is 9.61. The van der Waals surface area contributed by atoms with E-state index in [4.69, 9.17) is 22.7 Å². The molecular formula is C14H13N3O2S. The van der Waals surface area contributed by atoms with Crippen LogP contribution in [0, 0.1) is 0 Å². The molecule has 0 saturated carbocycles. The number of nitrogens with one attached hydrogen (secondary N) is 1. The van der Waals surface area contributed by atoms with Crippen LogP contribution in [0.4, 0.5) is 5.69 Å². The minimum absolute atomic E-state index is 0.242.